The van der Waals surface area contributed by atoms with E-state index in [1.807, 2.05) is 0 Å². The number of hydrogen-bond acceptors (Lipinski definition) is 3. The molecule has 0 atom stereocenters. The largest absolute Gasteiger partial charge is 0.338 e. The quantitative estimate of drug-likeness (QED) is 0.792. The van der Waals surface area contributed by atoms with Crippen LogP contribution in [0.15, 0.2) is 41.3 Å². The fraction of sp³-hybridized carbons (Fsp3) is 0.0714. The molecule has 3 aromatic rings. The van der Waals surface area contributed by atoms with Gasteiger partial charge >= 0.3 is 0 Å². The summed E-state index contributed by atoms with van der Waals surface area (Å²) in [5.74, 6) is -1.94. The van der Waals surface area contributed by atoms with Gasteiger partial charge in [-0.2, -0.15) is 0 Å². The molecular formula is C14H10F2N2O2S. The van der Waals surface area contributed by atoms with Crippen LogP contribution in [-0.4, -0.2) is 24.6 Å². The van der Waals surface area contributed by atoms with Gasteiger partial charge in [-0.15, -0.1) is 0 Å². The summed E-state index contributed by atoms with van der Waals surface area (Å²) in [5, 5.41) is 0. The molecule has 0 radical (unpaired) electrons. The van der Waals surface area contributed by atoms with Crippen LogP contribution in [0.4, 0.5) is 8.78 Å². The maximum absolute atomic E-state index is 13.8. The molecule has 7 heteroatoms. The summed E-state index contributed by atoms with van der Waals surface area (Å²) in [6.45, 7) is 0. The van der Waals surface area contributed by atoms with Crippen LogP contribution in [0, 0.1) is 11.6 Å². The van der Waals surface area contributed by atoms with Crippen molar-refractivity contribution in [3.8, 4) is 11.4 Å². The van der Waals surface area contributed by atoms with Crippen LogP contribution in [0.2, 0.25) is 0 Å². The van der Waals surface area contributed by atoms with E-state index >= 15 is 0 Å². The maximum Gasteiger partial charge on any atom is 0.177 e. The van der Waals surface area contributed by atoms with Gasteiger partial charge in [0.25, 0.3) is 0 Å². The highest BCUT2D eigenvalue weighted by Gasteiger charge is 2.18. The van der Waals surface area contributed by atoms with Crippen molar-refractivity contribution in [3.63, 3.8) is 0 Å². The molecule has 0 aliphatic carbocycles. The molecule has 1 N–H and O–H groups in total. The Morgan fingerprint density at radius 2 is 1.81 bits per heavy atom. The Morgan fingerprint density at radius 3 is 2.52 bits per heavy atom. The number of rotatable bonds is 2. The number of nitrogens with zero attached hydrogens (tertiary/aromatic N) is 1. The first-order valence-electron chi connectivity index (χ1n) is 6.01. The summed E-state index contributed by atoms with van der Waals surface area (Å²) >= 11 is 0. The van der Waals surface area contributed by atoms with E-state index in [9.17, 15) is 17.2 Å². The molecule has 21 heavy (non-hydrogen) atoms. The molecule has 0 aliphatic rings. The van der Waals surface area contributed by atoms with Crippen LogP contribution in [0.3, 0.4) is 0 Å². The fourth-order valence-electron chi connectivity index (χ4n) is 2.12. The molecule has 3 rings (SSSR count). The van der Waals surface area contributed by atoms with Crippen LogP contribution < -0.4 is 0 Å². The number of para-hydroxylation sites is 1. The first-order valence-corrected chi connectivity index (χ1v) is 7.90. The Hall–Kier alpha value is -2.28. The molecule has 0 unspecified atom stereocenters. The average molecular weight is 308 g/mol. The van der Waals surface area contributed by atoms with Crippen molar-refractivity contribution >= 4 is 20.9 Å². The highest BCUT2D eigenvalue weighted by Crippen LogP contribution is 2.27. The first kappa shape index (κ1) is 13.7. The van der Waals surface area contributed by atoms with Crippen molar-refractivity contribution in [3.05, 3.63) is 48.0 Å². The van der Waals surface area contributed by atoms with Crippen molar-refractivity contribution < 1.29 is 17.2 Å². The summed E-state index contributed by atoms with van der Waals surface area (Å²) in [6, 6.07) is 8.34. The second kappa shape index (κ2) is 4.63. The summed E-state index contributed by atoms with van der Waals surface area (Å²) in [6.07, 6.45) is 1.07. The van der Waals surface area contributed by atoms with E-state index < -0.39 is 21.5 Å². The van der Waals surface area contributed by atoms with Gasteiger partial charge < -0.3 is 4.98 Å². The van der Waals surface area contributed by atoms with Gasteiger partial charge in [0.15, 0.2) is 21.5 Å². The van der Waals surface area contributed by atoms with Crippen molar-refractivity contribution in [2.24, 2.45) is 0 Å². The molecule has 108 valence electrons. The van der Waals surface area contributed by atoms with Crippen molar-refractivity contribution in [2.45, 2.75) is 4.90 Å². The number of nitrogens with one attached hydrogen (secondary N) is 1. The number of sulfone groups is 1. The third kappa shape index (κ3) is 2.29. The lowest BCUT2D eigenvalue weighted by atomic mass is 10.2. The zero-order chi connectivity index (χ0) is 15.2. The highest BCUT2D eigenvalue weighted by molar-refractivity contribution is 7.91. The highest BCUT2D eigenvalue weighted by atomic mass is 32.2. The summed E-state index contributed by atoms with van der Waals surface area (Å²) in [4.78, 5) is 6.96. The zero-order valence-electron chi connectivity index (χ0n) is 10.9. The van der Waals surface area contributed by atoms with E-state index in [1.54, 1.807) is 12.1 Å². The fourth-order valence-corrected chi connectivity index (χ4v) is 2.95. The minimum atomic E-state index is -3.47. The predicted octanol–water partition coefficient (Wildman–Crippen LogP) is 2.91. The maximum atomic E-state index is 13.8. The van der Waals surface area contributed by atoms with Gasteiger partial charge in [-0.1, -0.05) is 12.1 Å². The van der Waals surface area contributed by atoms with E-state index in [2.05, 4.69) is 9.97 Å². The minimum Gasteiger partial charge on any atom is -0.338 e. The van der Waals surface area contributed by atoms with Gasteiger partial charge in [-0.25, -0.2) is 22.2 Å². The number of imidazole rings is 1. The van der Waals surface area contributed by atoms with E-state index in [-0.39, 0.29) is 21.8 Å². The molecule has 0 bridgehead atoms. The second-order valence-corrected chi connectivity index (χ2v) is 6.60. The Morgan fingerprint density at radius 1 is 1.10 bits per heavy atom. The molecule has 4 nitrogen and oxygen atoms in total. The molecule has 1 aromatic heterocycles. The van der Waals surface area contributed by atoms with Gasteiger partial charge in [0.1, 0.15) is 11.3 Å². The number of hydrogen-bond donors (Lipinski definition) is 1. The first-order chi connectivity index (χ1) is 9.88. The summed E-state index contributed by atoms with van der Waals surface area (Å²) in [7, 11) is -3.47. The summed E-state index contributed by atoms with van der Waals surface area (Å²) in [5.41, 5.74) is 0.598. The zero-order valence-corrected chi connectivity index (χ0v) is 11.7. The Bertz CT molecular complexity index is 949. The lowest BCUT2D eigenvalue weighted by molar-refractivity contribution is 0.510. The van der Waals surface area contributed by atoms with Crippen LogP contribution in [0.1, 0.15) is 0 Å². The van der Waals surface area contributed by atoms with Crippen LogP contribution >= 0.6 is 0 Å². The van der Waals surface area contributed by atoms with Crippen molar-refractivity contribution in [1.82, 2.24) is 9.97 Å². The third-order valence-electron chi connectivity index (χ3n) is 3.08. The molecule has 0 amide bonds. The number of fused-ring (bicyclic) bond motifs is 1. The molecule has 0 fully saturated rings. The smallest absolute Gasteiger partial charge is 0.177 e. The molecule has 2 aromatic carbocycles. The topological polar surface area (TPSA) is 62.8 Å². The van der Waals surface area contributed by atoms with Gasteiger partial charge in [0, 0.05) is 6.26 Å². The van der Waals surface area contributed by atoms with Crippen LogP contribution in [0.5, 0.6) is 0 Å². The van der Waals surface area contributed by atoms with Crippen LogP contribution in [-0.2, 0) is 9.84 Å². The Balaban J connectivity index is 2.30. The second-order valence-electron chi connectivity index (χ2n) is 4.61. The number of aromatic amines is 1. The van der Waals surface area contributed by atoms with E-state index in [0.29, 0.717) is 5.52 Å². The number of benzene rings is 2. The molecule has 0 saturated heterocycles. The van der Waals surface area contributed by atoms with E-state index in [1.165, 1.54) is 18.2 Å². The summed E-state index contributed by atoms with van der Waals surface area (Å²) < 4.78 is 50.5. The Kier molecular flexibility index (Phi) is 3.02. The minimum absolute atomic E-state index is 0.0410. The average Bonchev–Trinajstić information content (AvgIpc) is 2.84. The molecule has 0 spiro atoms. The van der Waals surface area contributed by atoms with Gasteiger partial charge in [-0.05, 0) is 24.3 Å². The number of aromatic nitrogens is 2. The third-order valence-corrected chi connectivity index (χ3v) is 4.21. The van der Waals surface area contributed by atoms with Crippen molar-refractivity contribution in [2.75, 3.05) is 6.26 Å². The molecule has 0 aliphatic heterocycles. The lowest BCUT2D eigenvalue weighted by Crippen LogP contribution is -1.97. The molecular weight excluding hydrogens is 298 g/mol. The standard InChI is InChI=1S/C14H10F2N2O2S/c1-21(19,20)11-7-3-6-10-13(11)18-14(17-10)8-4-2-5-9(15)12(8)16/h2-7H,1H3,(H,17,18). The number of halogens is 2. The SMILES string of the molecule is CS(=O)(=O)c1cccc2[nH]c(-c3cccc(F)c3F)nc12. The normalized spacial score (nSPS) is 12.0. The van der Waals surface area contributed by atoms with Gasteiger partial charge in [0.05, 0.1) is 16.0 Å². The van der Waals surface area contributed by atoms with Gasteiger partial charge in [0.2, 0.25) is 0 Å². The van der Waals surface area contributed by atoms with E-state index in [0.717, 1.165) is 12.3 Å². The molecule has 1 heterocycles. The lowest BCUT2D eigenvalue weighted by Gasteiger charge is -1.99. The van der Waals surface area contributed by atoms with Crippen molar-refractivity contribution in [1.29, 1.82) is 0 Å². The van der Waals surface area contributed by atoms with Gasteiger partial charge in [-0.3, -0.25) is 0 Å². The molecule has 0 saturated carbocycles. The monoisotopic (exact) mass is 308 g/mol. The van der Waals surface area contributed by atoms with E-state index in [4.69, 9.17) is 0 Å². The Labute approximate surface area is 119 Å². The predicted molar refractivity (Wildman–Crippen MR) is 74.6 cm³/mol. The van der Waals surface area contributed by atoms with Crippen LogP contribution in [0.25, 0.3) is 22.4 Å². The number of H-pyrrole nitrogens is 1.